The fourth-order valence-electron chi connectivity index (χ4n) is 1.97. The van der Waals surface area contributed by atoms with Gasteiger partial charge in [-0.05, 0) is 23.6 Å². The Hall–Kier alpha value is -1.91. The van der Waals surface area contributed by atoms with Crippen molar-refractivity contribution >= 4 is 5.69 Å². The Labute approximate surface area is 107 Å². The maximum absolute atomic E-state index is 5.95. The van der Waals surface area contributed by atoms with Gasteiger partial charge in [-0.15, -0.1) is 0 Å². The first-order chi connectivity index (χ1) is 8.76. The van der Waals surface area contributed by atoms with Crippen LogP contribution in [-0.4, -0.2) is 4.98 Å². The lowest BCUT2D eigenvalue weighted by molar-refractivity contribution is 0.636. The zero-order chi connectivity index (χ0) is 13.0. The Morgan fingerprint density at radius 2 is 1.94 bits per heavy atom. The molecule has 0 aliphatic heterocycles. The van der Waals surface area contributed by atoms with Crippen molar-refractivity contribution in [2.75, 3.05) is 5.73 Å². The van der Waals surface area contributed by atoms with Gasteiger partial charge in [-0.2, -0.15) is 0 Å². The van der Waals surface area contributed by atoms with E-state index in [1.165, 1.54) is 5.56 Å². The molecule has 4 heteroatoms. The molecule has 1 heterocycles. The molecule has 0 fully saturated rings. The van der Waals surface area contributed by atoms with E-state index in [0.717, 1.165) is 17.5 Å². The molecule has 4 nitrogen and oxygen atoms in total. The summed E-state index contributed by atoms with van der Waals surface area (Å²) in [5.74, 6) is 5.64. The van der Waals surface area contributed by atoms with Crippen molar-refractivity contribution in [3.8, 4) is 0 Å². The lowest BCUT2D eigenvalue weighted by Crippen LogP contribution is -2.29. The molecule has 0 bridgehead atoms. The lowest BCUT2D eigenvalue weighted by atomic mass is 9.98. The summed E-state index contributed by atoms with van der Waals surface area (Å²) in [4.78, 5) is 4.10. The summed E-state index contributed by atoms with van der Waals surface area (Å²) in [6, 6.07) is 9.98. The van der Waals surface area contributed by atoms with Gasteiger partial charge in [0, 0.05) is 23.6 Å². The molecule has 2 rings (SSSR count). The molecule has 0 saturated heterocycles. The van der Waals surface area contributed by atoms with Gasteiger partial charge in [0.2, 0.25) is 0 Å². The molecule has 5 N–H and O–H groups in total. The van der Waals surface area contributed by atoms with Gasteiger partial charge in [0.05, 0.1) is 6.04 Å². The second-order valence-corrected chi connectivity index (χ2v) is 4.20. The van der Waals surface area contributed by atoms with Crippen LogP contribution >= 0.6 is 0 Å². The molecule has 0 aliphatic carbocycles. The van der Waals surface area contributed by atoms with E-state index in [9.17, 15) is 0 Å². The molecule has 94 valence electrons. The molecule has 1 atom stereocenters. The Balaban J connectivity index is 2.36. The van der Waals surface area contributed by atoms with Crippen LogP contribution in [0.5, 0.6) is 0 Å². The lowest BCUT2D eigenvalue weighted by Gasteiger charge is -2.18. The topological polar surface area (TPSA) is 77.0 Å². The fraction of sp³-hybridized carbons (Fsp3) is 0.214. The maximum Gasteiger partial charge on any atom is 0.0745 e. The molecule has 1 aromatic heterocycles. The van der Waals surface area contributed by atoms with E-state index in [2.05, 4.69) is 41.6 Å². The minimum Gasteiger partial charge on any atom is -0.398 e. The van der Waals surface area contributed by atoms with Crippen LogP contribution in [0, 0.1) is 0 Å². The minimum absolute atomic E-state index is 0.135. The average molecular weight is 242 g/mol. The third-order valence-electron chi connectivity index (χ3n) is 3.09. The summed E-state index contributed by atoms with van der Waals surface area (Å²) in [6.45, 7) is 2.13. The number of hydrogen-bond donors (Lipinski definition) is 3. The molecular formula is C14H18N4. The van der Waals surface area contributed by atoms with E-state index in [4.69, 9.17) is 11.6 Å². The maximum atomic E-state index is 5.95. The molecular weight excluding hydrogens is 224 g/mol. The third-order valence-corrected chi connectivity index (χ3v) is 3.09. The Bertz CT molecular complexity index is 507. The van der Waals surface area contributed by atoms with Gasteiger partial charge in [-0.1, -0.05) is 31.2 Å². The van der Waals surface area contributed by atoms with Crippen LogP contribution in [0.15, 0.2) is 42.7 Å². The number of pyridine rings is 1. The van der Waals surface area contributed by atoms with Gasteiger partial charge < -0.3 is 5.73 Å². The van der Waals surface area contributed by atoms with Gasteiger partial charge in [-0.25, -0.2) is 5.43 Å². The summed E-state index contributed by atoms with van der Waals surface area (Å²) in [6.07, 6.45) is 4.44. The molecule has 2 aromatic rings. The Morgan fingerprint density at radius 1 is 1.22 bits per heavy atom. The standard InChI is InChI=1S/C14H18N4/c1-2-10-3-5-11(6-4-10)14(18-16)12-9-17-8-7-13(12)15/h3-9,14,18H,2,16H2,1H3,(H2,15,17). The van der Waals surface area contributed by atoms with E-state index in [1.807, 2.05) is 0 Å². The number of benzene rings is 1. The zero-order valence-corrected chi connectivity index (χ0v) is 10.4. The van der Waals surface area contributed by atoms with Gasteiger partial charge >= 0.3 is 0 Å². The predicted molar refractivity (Wildman–Crippen MR) is 73.6 cm³/mol. The minimum atomic E-state index is -0.135. The number of nitrogen functional groups attached to an aromatic ring is 1. The van der Waals surface area contributed by atoms with Crippen LogP contribution < -0.4 is 17.0 Å². The number of rotatable bonds is 4. The van der Waals surface area contributed by atoms with Crippen molar-refractivity contribution in [1.82, 2.24) is 10.4 Å². The Morgan fingerprint density at radius 3 is 2.50 bits per heavy atom. The van der Waals surface area contributed by atoms with Gasteiger partial charge in [-0.3, -0.25) is 10.8 Å². The number of anilines is 1. The third kappa shape index (κ3) is 2.50. The number of nitrogens with two attached hydrogens (primary N) is 2. The molecule has 18 heavy (non-hydrogen) atoms. The SMILES string of the molecule is CCc1ccc(C(NN)c2cnccc2N)cc1. The molecule has 0 amide bonds. The van der Waals surface area contributed by atoms with E-state index < -0.39 is 0 Å². The van der Waals surface area contributed by atoms with Crippen molar-refractivity contribution in [2.45, 2.75) is 19.4 Å². The van der Waals surface area contributed by atoms with Crippen molar-refractivity contribution < 1.29 is 0 Å². The largest absolute Gasteiger partial charge is 0.398 e. The highest BCUT2D eigenvalue weighted by atomic mass is 15.2. The van der Waals surface area contributed by atoms with E-state index in [-0.39, 0.29) is 6.04 Å². The smallest absolute Gasteiger partial charge is 0.0745 e. The van der Waals surface area contributed by atoms with Crippen LogP contribution in [0.2, 0.25) is 0 Å². The summed E-state index contributed by atoms with van der Waals surface area (Å²) >= 11 is 0. The first-order valence-electron chi connectivity index (χ1n) is 6.00. The van der Waals surface area contributed by atoms with Crippen LogP contribution in [-0.2, 0) is 6.42 Å². The van der Waals surface area contributed by atoms with Crippen LogP contribution in [0.25, 0.3) is 0 Å². The normalized spacial score (nSPS) is 12.3. The number of nitrogens with zero attached hydrogens (tertiary/aromatic N) is 1. The highest BCUT2D eigenvalue weighted by Gasteiger charge is 2.14. The second kappa shape index (κ2) is 5.62. The molecule has 0 spiro atoms. The summed E-state index contributed by atoms with van der Waals surface area (Å²) in [5.41, 5.74) is 12.7. The van der Waals surface area contributed by atoms with E-state index in [1.54, 1.807) is 18.5 Å². The number of aryl methyl sites for hydroxylation is 1. The van der Waals surface area contributed by atoms with Crippen LogP contribution in [0.4, 0.5) is 5.69 Å². The molecule has 0 radical (unpaired) electrons. The van der Waals surface area contributed by atoms with Crippen LogP contribution in [0.3, 0.4) is 0 Å². The number of aromatic nitrogens is 1. The summed E-state index contributed by atoms with van der Waals surface area (Å²) in [7, 11) is 0. The quantitative estimate of drug-likeness (QED) is 0.564. The van der Waals surface area contributed by atoms with Crippen molar-refractivity contribution in [1.29, 1.82) is 0 Å². The molecule has 1 aromatic carbocycles. The van der Waals surface area contributed by atoms with Crippen LogP contribution in [0.1, 0.15) is 29.7 Å². The molecule has 0 aliphatic rings. The van der Waals surface area contributed by atoms with Crippen molar-refractivity contribution in [2.24, 2.45) is 5.84 Å². The summed E-state index contributed by atoms with van der Waals surface area (Å²) < 4.78 is 0. The fourth-order valence-corrected chi connectivity index (χ4v) is 1.97. The Kier molecular flexibility index (Phi) is 3.92. The number of hydrazine groups is 1. The summed E-state index contributed by atoms with van der Waals surface area (Å²) in [5, 5.41) is 0. The van der Waals surface area contributed by atoms with Gasteiger partial charge in [0.25, 0.3) is 0 Å². The van der Waals surface area contributed by atoms with Gasteiger partial charge in [0.15, 0.2) is 0 Å². The first-order valence-corrected chi connectivity index (χ1v) is 6.00. The molecule has 1 unspecified atom stereocenters. The van der Waals surface area contributed by atoms with E-state index in [0.29, 0.717) is 5.69 Å². The average Bonchev–Trinajstić information content (AvgIpc) is 2.42. The van der Waals surface area contributed by atoms with Crippen molar-refractivity contribution in [3.63, 3.8) is 0 Å². The highest BCUT2D eigenvalue weighted by molar-refractivity contribution is 5.49. The number of nitrogens with one attached hydrogen (secondary N) is 1. The van der Waals surface area contributed by atoms with Gasteiger partial charge in [0.1, 0.15) is 0 Å². The molecule has 0 saturated carbocycles. The predicted octanol–water partition coefficient (Wildman–Crippen LogP) is 1.78. The highest BCUT2D eigenvalue weighted by Crippen LogP contribution is 2.25. The van der Waals surface area contributed by atoms with Crippen molar-refractivity contribution in [3.05, 3.63) is 59.4 Å². The number of hydrogen-bond acceptors (Lipinski definition) is 4. The monoisotopic (exact) mass is 242 g/mol. The zero-order valence-electron chi connectivity index (χ0n) is 10.4. The van der Waals surface area contributed by atoms with E-state index >= 15 is 0 Å². The first kappa shape index (κ1) is 12.5. The second-order valence-electron chi connectivity index (χ2n) is 4.20.